The Balaban J connectivity index is 0.000000170. The fourth-order valence-corrected chi connectivity index (χ4v) is 2.16. The lowest BCUT2D eigenvalue weighted by molar-refractivity contribution is 0.240. The van der Waals surface area contributed by atoms with E-state index in [9.17, 15) is 0 Å². The molecule has 0 aliphatic carbocycles. The zero-order chi connectivity index (χ0) is 13.9. The number of piperidine rings is 1. The van der Waals surface area contributed by atoms with E-state index in [1.165, 1.54) is 38.9 Å². The number of hydrogen-bond donors (Lipinski definition) is 1. The van der Waals surface area contributed by atoms with Crippen LogP contribution in [0, 0.1) is 0 Å². The minimum atomic E-state index is 1.09. The zero-order valence-electron chi connectivity index (χ0n) is 12.5. The van der Waals surface area contributed by atoms with Gasteiger partial charge in [-0.3, -0.25) is 5.10 Å². The number of hydrogen-bond acceptors (Lipinski definition) is 2. The Labute approximate surface area is 117 Å². The number of benzene rings is 1. The average Bonchev–Trinajstić information content (AvgIpc) is 2.99. The van der Waals surface area contributed by atoms with Crippen LogP contribution in [-0.4, -0.2) is 34.7 Å². The van der Waals surface area contributed by atoms with E-state index < -0.39 is 0 Å². The molecular weight excluding hydrogens is 234 g/mol. The number of nitrogens with one attached hydrogen (secondary N) is 1. The predicted molar refractivity (Wildman–Crippen MR) is 83.4 cm³/mol. The third-order valence-corrected chi connectivity index (χ3v) is 3.25. The van der Waals surface area contributed by atoms with Crippen LogP contribution in [0.15, 0.2) is 30.5 Å². The topological polar surface area (TPSA) is 31.9 Å². The molecule has 19 heavy (non-hydrogen) atoms. The average molecular weight is 261 g/mol. The predicted octanol–water partition coefficient (Wildman–Crippen LogP) is 4.08. The van der Waals surface area contributed by atoms with Gasteiger partial charge < -0.3 is 4.90 Å². The van der Waals surface area contributed by atoms with Gasteiger partial charge in [-0.05, 0) is 38.5 Å². The molecule has 0 atom stereocenters. The highest BCUT2D eigenvalue weighted by Crippen LogP contribution is 2.07. The van der Waals surface area contributed by atoms with Crippen LogP contribution in [0.2, 0.25) is 0 Å². The third-order valence-electron chi connectivity index (χ3n) is 3.25. The van der Waals surface area contributed by atoms with E-state index in [0.717, 1.165) is 10.9 Å². The molecule has 106 valence electrons. The quantitative estimate of drug-likeness (QED) is 0.838. The molecule has 0 amide bonds. The van der Waals surface area contributed by atoms with Gasteiger partial charge in [-0.25, -0.2) is 0 Å². The highest BCUT2D eigenvalue weighted by atomic mass is 15.1. The summed E-state index contributed by atoms with van der Waals surface area (Å²) in [6.07, 6.45) is 6.12. The Morgan fingerprint density at radius 1 is 1.11 bits per heavy atom. The summed E-state index contributed by atoms with van der Waals surface area (Å²) in [5.41, 5.74) is 1.09. The fraction of sp³-hybridized carbons (Fsp3) is 0.562. The standard InChI is InChI=1S/C7H6N2.C7H15N.C2H6/c1-2-4-7-6(3-1)5-8-9-7;1-2-8-6-4-3-5-7-8;1-2/h1-5H,(H,8,9);2-7H2,1H3;1-2H3. The number of rotatable bonds is 1. The first kappa shape index (κ1) is 15.7. The van der Waals surface area contributed by atoms with Crippen LogP contribution in [0.3, 0.4) is 0 Å². The summed E-state index contributed by atoms with van der Waals surface area (Å²) in [5, 5.41) is 7.91. The highest BCUT2D eigenvalue weighted by molar-refractivity contribution is 5.77. The largest absolute Gasteiger partial charge is 0.304 e. The lowest BCUT2D eigenvalue weighted by atomic mass is 10.1. The number of nitrogens with zero attached hydrogens (tertiary/aromatic N) is 2. The lowest BCUT2D eigenvalue weighted by Crippen LogP contribution is -2.29. The van der Waals surface area contributed by atoms with Gasteiger partial charge in [0.2, 0.25) is 0 Å². The maximum absolute atomic E-state index is 3.88. The number of aromatic nitrogens is 2. The van der Waals surface area contributed by atoms with E-state index in [0.29, 0.717) is 0 Å². The van der Waals surface area contributed by atoms with Crippen LogP contribution in [0.25, 0.3) is 10.9 Å². The number of fused-ring (bicyclic) bond motifs is 1. The van der Waals surface area contributed by atoms with Crippen molar-refractivity contribution in [3.05, 3.63) is 30.5 Å². The van der Waals surface area contributed by atoms with Crippen LogP contribution < -0.4 is 0 Å². The van der Waals surface area contributed by atoms with E-state index >= 15 is 0 Å². The maximum atomic E-state index is 3.88. The van der Waals surface area contributed by atoms with Crippen LogP contribution in [-0.2, 0) is 0 Å². The van der Waals surface area contributed by atoms with Crippen molar-refractivity contribution in [3.63, 3.8) is 0 Å². The van der Waals surface area contributed by atoms with Gasteiger partial charge in [-0.1, -0.05) is 45.4 Å². The Bertz CT molecular complexity index is 400. The van der Waals surface area contributed by atoms with E-state index in [2.05, 4.69) is 22.0 Å². The molecule has 1 fully saturated rings. The van der Waals surface area contributed by atoms with Crippen molar-refractivity contribution in [2.45, 2.75) is 40.0 Å². The van der Waals surface area contributed by atoms with Crippen LogP contribution in [0.4, 0.5) is 0 Å². The molecule has 3 nitrogen and oxygen atoms in total. The molecule has 1 aliphatic heterocycles. The van der Waals surface area contributed by atoms with E-state index in [-0.39, 0.29) is 0 Å². The van der Waals surface area contributed by atoms with Crippen molar-refractivity contribution in [1.29, 1.82) is 0 Å². The molecule has 0 radical (unpaired) electrons. The molecule has 0 saturated carbocycles. The SMILES string of the molecule is CC.CCN1CCCCC1.c1ccc2[nH]ncc2c1. The highest BCUT2D eigenvalue weighted by Gasteiger charge is 2.05. The van der Waals surface area contributed by atoms with Crippen molar-refractivity contribution in [3.8, 4) is 0 Å². The second kappa shape index (κ2) is 9.56. The van der Waals surface area contributed by atoms with Crippen LogP contribution in [0.5, 0.6) is 0 Å². The first-order valence-electron chi connectivity index (χ1n) is 7.50. The minimum absolute atomic E-state index is 1.09. The van der Waals surface area contributed by atoms with Crippen molar-refractivity contribution < 1.29 is 0 Å². The van der Waals surface area contributed by atoms with Crippen molar-refractivity contribution in [1.82, 2.24) is 15.1 Å². The molecular formula is C16H27N3. The normalized spacial score (nSPS) is 15.1. The number of para-hydroxylation sites is 1. The Hall–Kier alpha value is -1.35. The first-order chi connectivity index (χ1) is 9.40. The molecule has 0 spiro atoms. The van der Waals surface area contributed by atoms with E-state index in [1.54, 1.807) is 0 Å². The minimum Gasteiger partial charge on any atom is -0.304 e. The van der Waals surface area contributed by atoms with Gasteiger partial charge >= 0.3 is 0 Å². The summed E-state index contributed by atoms with van der Waals surface area (Å²) in [5.74, 6) is 0. The molecule has 2 aromatic rings. The summed E-state index contributed by atoms with van der Waals surface area (Å²) in [6, 6.07) is 8.01. The van der Waals surface area contributed by atoms with Gasteiger partial charge in [-0.2, -0.15) is 5.10 Å². The van der Waals surface area contributed by atoms with Gasteiger partial charge in [0, 0.05) is 5.39 Å². The van der Waals surface area contributed by atoms with E-state index in [4.69, 9.17) is 0 Å². The molecule has 1 aromatic carbocycles. The Kier molecular flexibility index (Phi) is 7.91. The third kappa shape index (κ3) is 5.43. The van der Waals surface area contributed by atoms with Gasteiger partial charge in [0.05, 0.1) is 11.7 Å². The molecule has 1 saturated heterocycles. The molecule has 1 aliphatic rings. The lowest BCUT2D eigenvalue weighted by Gasteiger charge is -2.24. The summed E-state index contributed by atoms with van der Waals surface area (Å²) in [7, 11) is 0. The molecule has 1 aromatic heterocycles. The Morgan fingerprint density at radius 2 is 1.79 bits per heavy atom. The molecule has 0 bridgehead atoms. The van der Waals surface area contributed by atoms with Crippen LogP contribution in [0.1, 0.15) is 40.0 Å². The van der Waals surface area contributed by atoms with Gasteiger partial charge in [0.15, 0.2) is 0 Å². The molecule has 0 unspecified atom stereocenters. The second-order valence-corrected chi connectivity index (χ2v) is 4.45. The maximum Gasteiger partial charge on any atom is 0.0650 e. The zero-order valence-corrected chi connectivity index (χ0v) is 12.5. The van der Waals surface area contributed by atoms with Gasteiger partial charge in [0.25, 0.3) is 0 Å². The summed E-state index contributed by atoms with van der Waals surface area (Å²) in [6.45, 7) is 10.2. The number of likely N-dealkylation sites (tertiary alicyclic amines) is 1. The fourth-order valence-electron chi connectivity index (χ4n) is 2.16. The summed E-state index contributed by atoms with van der Waals surface area (Å²) in [4.78, 5) is 2.52. The summed E-state index contributed by atoms with van der Waals surface area (Å²) < 4.78 is 0. The second-order valence-electron chi connectivity index (χ2n) is 4.45. The summed E-state index contributed by atoms with van der Waals surface area (Å²) >= 11 is 0. The van der Waals surface area contributed by atoms with Gasteiger partial charge in [-0.15, -0.1) is 0 Å². The van der Waals surface area contributed by atoms with Crippen molar-refractivity contribution in [2.24, 2.45) is 0 Å². The van der Waals surface area contributed by atoms with E-state index in [1.807, 2.05) is 44.3 Å². The monoisotopic (exact) mass is 261 g/mol. The van der Waals surface area contributed by atoms with Crippen molar-refractivity contribution in [2.75, 3.05) is 19.6 Å². The molecule has 3 rings (SSSR count). The number of H-pyrrole nitrogens is 1. The first-order valence-corrected chi connectivity index (χ1v) is 7.50. The van der Waals surface area contributed by atoms with Crippen molar-refractivity contribution >= 4 is 10.9 Å². The van der Waals surface area contributed by atoms with Gasteiger partial charge in [0.1, 0.15) is 0 Å². The molecule has 1 N–H and O–H groups in total. The molecule has 3 heteroatoms. The number of aromatic amines is 1. The van der Waals surface area contributed by atoms with Crippen LogP contribution >= 0.6 is 0 Å². The molecule has 2 heterocycles. The smallest absolute Gasteiger partial charge is 0.0650 e. The Morgan fingerprint density at radius 3 is 2.37 bits per heavy atom.